The Morgan fingerprint density at radius 1 is 0.950 bits per heavy atom. The van der Waals surface area contributed by atoms with Crippen LogP contribution in [0.5, 0.6) is 0 Å². The zero-order chi connectivity index (χ0) is 15.4. The minimum Gasteiger partial charge on any atom is -0.379 e. The Morgan fingerprint density at radius 3 is 2.00 bits per heavy atom. The summed E-state index contributed by atoms with van der Waals surface area (Å²) in [5.74, 6) is 0.448. The van der Waals surface area contributed by atoms with Crippen molar-refractivity contribution in [3.8, 4) is 0 Å². The van der Waals surface area contributed by atoms with E-state index in [2.05, 4.69) is 24.5 Å². The third-order valence-corrected chi connectivity index (χ3v) is 2.72. The van der Waals surface area contributed by atoms with E-state index in [-0.39, 0.29) is 30.8 Å². The van der Waals surface area contributed by atoms with Gasteiger partial charge in [0.05, 0.1) is 6.10 Å². The van der Waals surface area contributed by atoms with Gasteiger partial charge in [-0.15, -0.1) is 0 Å². The third kappa shape index (κ3) is 13.3. The van der Waals surface area contributed by atoms with Gasteiger partial charge in [0.15, 0.2) is 0 Å². The fourth-order valence-electron chi connectivity index (χ4n) is 1.52. The van der Waals surface area contributed by atoms with E-state index in [4.69, 9.17) is 4.74 Å². The number of carbonyl (C=O) groups excluding carboxylic acids is 2. The van der Waals surface area contributed by atoms with Crippen molar-refractivity contribution in [3.05, 3.63) is 0 Å². The van der Waals surface area contributed by atoms with Crippen molar-refractivity contribution in [1.29, 1.82) is 0 Å². The van der Waals surface area contributed by atoms with Crippen LogP contribution in [0.4, 0.5) is 0 Å². The van der Waals surface area contributed by atoms with Gasteiger partial charge >= 0.3 is 0 Å². The van der Waals surface area contributed by atoms with E-state index >= 15 is 0 Å². The number of nitrogens with one attached hydrogen (secondary N) is 2. The molecule has 0 fully saturated rings. The summed E-state index contributed by atoms with van der Waals surface area (Å²) in [6, 6.07) is 0. The van der Waals surface area contributed by atoms with Crippen molar-refractivity contribution in [2.75, 3.05) is 19.7 Å². The Bertz CT molecular complexity index is 278. The summed E-state index contributed by atoms with van der Waals surface area (Å²) in [5, 5.41) is 5.61. The lowest BCUT2D eigenvalue weighted by Gasteiger charge is -2.09. The van der Waals surface area contributed by atoms with Gasteiger partial charge in [0, 0.05) is 32.5 Å². The predicted octanol–water partition coefficient (Wildman–Crippen LogP) is 1.86. The maximum atomic E-state index is 11.5. The lowest BCUT2D eigenvalue weighted by molar-refractivity contribution is -0.126. The molecule has 2 amide bonds. The molecule has 0 saturated carbocycles. The molecular weight excluding hydrogens is 256 g/mol. The Labute approximate surface area is 122 Å². The van der Waals surface area contributed by atoms with Gasteiger partial charge in [0.1, 0.15) is 0 Å². The summed E-state index contributed by atoms with van der Waals surface area (Å²) in [6.07, 6.45) is 2.49. The summed E-state index contributed by atoms with van der Waals surface area (Å²) in [5.41, 5.74) is 0. The fourth-order valence-corrected chi connectivity index (χ4v) is 1.52. The average molecular weight is 286 g/mol. The lowest BCUT2D eigenvalue weighted by Crippen LogP contribution is -2.29. The van der Waals surface area contributed by atoms with Crippen molar-refractivity contribution in [1.82, 2.24) is 10.6 Å². The zero-order valence-electron chi connectivity index (χ0n) is 13.3. The van der Waals surface area contributed by atoms with Crippen molar-refractivity contribution in [2.45, 2.75) is 59.5 Å². The standard InChI is InChI=1S/C15H30N2O3/c1-12(2)8-10-17-15(19)7-6-14(18)16-9-5-11-20-13(3)4/h12-13H,5-11H2,1-4H3,(H,16,18)(H,17,19). The number of ether oxygens (including phenoxy) is 1. The first-order chi connectivity index (χ1) is 9.41. The number of hydrogen-bond donors (Lipinski definition) is 2. The zero-order valence-corrected chi connectivity index (χ0v) is 13.3. The molecule has 0 aromatic heterocycles. The minimum atomic E-state index is -0.0754. The second kappa shape index (κ2) is 11.7. The summed E-state index contributed by atoms with van der Waals surface area (Å²) in [6.45, 7) is 10.1. The molecule has 0 radical (unpaired) electrons. The van der Waals surface area contributed by atoms with Crippen LogP contribution >= 0.6 is 0 Å². The molecule has 0 aromatic carbocycles. The van der Waals surface area contributed by atoms with E-state index in [0.29, 0.717) is 25.6 Å². The SMILES string of the molecule is CC(C)CCNC(=O)CCC(=O)NCCCOC(C)C. The van der Waals surface area contributed by atoms with E-state index in [1.54, 1.807) is 0 Å². The molecule has 0 heterocycles. The minimum absolute atomic E-state index is 0.0519. The van der Waals surface area contributed by atoms with Crippen LogP contribution in [-0.4, -0.2) is 37.6 Å². The molecule has 0 aliphatic rings. The second-order valence-corrected chi connectivity index (χ2v) is 5.66. The summed E-state index contributed by atoms with van der Waals surface area (Å²) in [4.78, 5) is 23.0. The summed E-state index contributed by atoms with van der Waals surface area (Å²) in [7, 11) is 0. The highest BCUT2D eigenvalue weighted by Gasteiger charge is 2.06. The third-order valence-electron chi connectivity index (χ3n) is 2.72. The van der Waals surface area contributed by atoms with Gasteiger partial charge in [0.2, 0.25) is 11.8 Å². The highest BCUT2D eigenvalue weighted by Crippen LogP contribution is 1.97. The summed E-state index contributed by atoms with van der Waals surface area (Å²) < 4.78 is 5.37. The maximum Gasteiger partial charge on any atom is 0.220 e. The molecule has 2 N–H and O–H groups in total. The highest BCUT2D eigenvalue weighted by atomic mass is 16.5. The molecule has 5 heteroatoms. The molecule has 0 bridgehead atoms. The fraction of sp³-hybridized carbons (Fsp3) is 0.867. The van der Waals surface area contributed by atoms with Gasteiger partial charge in [0.25, 0.3) is 0 Å². The first-order valence-electron chi connectivity index (χ1n) is 7.56. The maximum absolute atomic E-state index is 11.5. The molecule has 0 saturated heterocycles. The number of rotatable bonds is 11. The van der Waals surface area contributed by atoms with Crippen LogP contribution in [0.3, 0.4) is 0 Å². The van der Waals surface area contributed by atoms with Crippen LogP contribution in [-0.2, 0) is 14.3 Å². The molecule has 0 aliphatic carbocycles. The Kier molecular flexibility index (Phi) is 11.1. The highest BCUT2D eigenvalue weighted by molar-refractivity contribution is 5.83. The number of amides is 2. The van der Waals surface area contributed by atoms with Crippen LogP contribution < -0.4 is 10.6 Å². The first kappa shape index (κ1) is 18.9. The molecular formula is C15H30N2O3. The average Bonchev–Trinajstić information content (AvgIpc) is 2.35. The van der Waals surface area contributed by atoms with E-state index < -0.39 is 0 Å². The summed E-state index contributed by atoms with van der Waals surface area (Å²) >= 11 is 0. The topological polar surface area (TPSA) is 67.4 Å². The van der Waals surface area contributed by atoms with Gasteiger partial charge in [-0.2, -0.15) is 0 Å². The molecule has 0 aromatic rings. The normalized spacial score (nSPS) is 10.9. The molecule has 0 atom stereocenters. The molecule has 0 aliphatic heterocycles. The van der Waals surface area contributed by atoms with E-state index in [1.165, 1.54) is 0 Å². The Balaban J connectivity index is 3.45. The van der Waals surface area contributed by atoms with Crippen molar-refractivity contribution < 1.29 is 14.3 Å². The van der Waals surface area contributed by atoms with Crippen LogP contribution in [0, 0.1) is 5.92 Å². The first-order valence-corrected chi connectivity index (χ1v) is 7.56. The van der Waals surface area contributed by atoms with Gasteiger partial charge in [-0.1, -0.05) is 13.8 Å². The Morgan fingerprint density at radius 2 is 1.50 bits per heavy atom. The molecule has 0 spiro atoms. The molecule has 0 rings (SSSR count). The van der Waals surface area contributed by atoms with Crippen molar-refractivity contribution in [2.24, 2.45) is 5.92 Å². The van der Waals surface area contributed by atoms with Crippen LogP contribution in [0.25, 0.3) is 0 Å². The smallest absolute Gasteiger partial charge is 0.220 e. The van der Waals surface area contributed by atoms with E-state index in [9.17, 15) is 9.59 Å². The van der Waals surface area contributed by atoms with Crippen molar-refractivity contribution in [3.63, 3.8) is 0 Å². The molecule has 118 valence electrons. The largest absolute Gasteiger partial charge is 0.379 e. The Hall–Kier alpha value is -1.10. The quantitative estimate of drug-likeness (QED) is 0.570. The van der Waals surface area contributed by atoms with Crippen LogP contribution in [0.1, 0.15) is 53.4 Å². The number of carbonyl (C=O) groups is 2. The van der Waals surface area contributed by atoms with Crippen molar-refractivity contribution >= 4 is 11.8 Å². The second-order valence-electron chi connectivity index (χ2n) is 5.66. The molecule has 0 unspecified atom stereocenters. The van der Waals surface area contributed by atoms with Crippen LogP contribution in [0.15, 0.2) is 0 Å². The molecule has 5 nitrogen and oxygen atoms in total. The molecule has 20 heavy (non-hydrogen) atoms. The monoisotopic (exact) mass is 286 g/mol. The van der Waals surface area contributed by atoms with Gasteiger partial charge in [-0.05, 0) is 32.6 Å². The van der Waals surface area contributed by atoms with Gasteiger partial charge < -0.3 is 15.4 Å². The van der Waals surface area contributed by atoms with E-state index in [0.717, 1.165) is 12.8 Å². The van der Waals surface area contributed by atoms with E-state index in [1.807, 2.05) is 13.8 Å². The lowest BCUT2D eigenvalue weighted by atomic mass is 10.1. The van der Waals surface area contributed by atoms with Gasteiger partial charge in [-0.3, -0.25) is 9.59 Å². The van der Waals surface area contributed by atoms with Gasteiger partial charge in [-0.25, -0.2) is 0 Å². The predicted molar refractivity (Wildman–Crippen MR) is 80.4 cm³/mol. The van der Waals surface area contributed by atoms with Crippen LogP contribution in [0.2, 0.25) is 0 Å². The number of hydrogen-bond acceptors (Lipinski definition) is 3.